The molecule has 1 fully saturated rings. The number of ketones is 1. The van der Waals surface area contributed by atoms with Crippen molar-refractivity contribution in [2.24, 2.45) is 0 Å². The SMILES string of the molecule is CCC(=O)c1ccc(OCC(=O)Nc2ccc(N3CCCC3)nc2)cc1. The van der Waals surface area contributed by atoms with Gasteiger partial charge in [-0.15, -0.1) is 0 Å². The zero-order valence-electron chi connectivity index (χ0n) is 14.9. The van der Waals surface area contributed by atoms with Gasteiger partial charge in [0.25, 0.3) is 5.91 Å². The number of anilines is 2. The number of aromatic nitrogens is 1. The molecule has 0 spiro atoms. The molecular weight excluding hydrogens is 330 g/mol. The third kappa shape index (κ3) is 4.59. The van der Waals surface area contributed by atoms with Crippen LogP contribution in [0.1, 0.15) is 36.5 Å². The first-order valence-corrected chi connectivity index (χ1v) is 8.92. The molecule has 6 nitrogen and oxygen atoms in total. The summed E-state index contributed by atoms with van der Waals surface area (Å²) in [6.45, 7) is 3.79. The first-order valence-electron chi connectivity index (χ1n) is 8.92. The van der Waals surface area contributed by atoms with Crippen molar-refractivity contribution in [1.29, 1.82) is 0 Å². The van der Waals surface area contributed by atoms with Gasteiger partial charge in [0.15, 0.2) is 12.4 Å². The number of amides is 1. The lowest BCUT2D eigenvalue weighted by Crippen LogP contribution is -2.21. The molecule has 1 N–H and O–H groups in total. The molecule has 6 heteroatoms. The van der Waals surface area contributed by atoms with Crippen LogP contribution in [0.4, 0.5) is 11.5 Å². The Morgan fingerprint density at radius 1 is 1.12 bits per heavy atom. The van der Waals surface area contributed by atoms with Crippen molar-refractivity contribution in [1.82, 2.24) is 4.98 Å². The fourth-order valence-corrected chi connectivity index (χ4v) is 2.88. The Morgan fingerprint density at radius 2 is 1.85 bits per heavy atom. The van der Waals surface area contributed by atoms with E-state index in [1.165, 1.54) is 12.8 Å². The van der Waals surface area contributed by atoms with E-state index in [9.17, 15) is 9.59 Å². The number of nitrogens with zero attached hydrogens (tertiary/aromatic N) is 2. The number of ether oxygens (including phenoxy) is 1. The average Bonchev–Trinajstić information content (AvgIpc) is 3.21. The molecule has 1 amide bonds. The summed E-state index contributed by atoms with van der Waals surface area (Å²) in [5, 5.41) is 2.77. The van der Waals surface area contributed by atoms with E-state index in [1.54, 1.807) is 30.5 Å². The summed E-state index contributed by atoms with van der Waals surface area (Å²) in [5.74, 6) is 1.32. The molecule has 1 aromatic heterocycles. The summed E-state index contributed by atoms with van der Waals surface area (Å²) in [4.78, 5) is 30.3. The van der Waals surface area contributed by atoms with Gasteiger partial charge in [-0.1, -0.05) is 6.92 Å². The number of benzene rings is 1. The molecule has 26 heavy (non-hydrogen) atoms. The predicted octanol–water partition coefficient (Wildman–Crippen LogP) is 3.29. The highest BCUT2D eigenvalue weighted by molar-refractivity contribution is 5.96. The van der Waals surface area contributed by atoms with Crippen LogP contribution in [0.25, 0.3) is 0 Å². The Morgan fingerprint density at radius 3 is 2.46 bits per heavy atom. The number of rotatable bonds is 7. The molecule has 1 aliphatic heterocycles. The molecule has 0 radical (unpaired) electrons. The van der Waals surface area contributed by atoms with Crippen molar-refractivity contribution >= 4 is 23.2 Å². The Labute approximate surface area is 153 Å². The fraction of sp³-hybridized carbons (Fsp3) is 0.350. The van der Waals surface area contributed by atoms with Crippen LogP contribution >= 0.6 is 0 Å². The van der Waals surface area contributed by atoms with E-state index in [2.05, 4.69) is 15.2 Å². The van der Waals surface area contributed by atoms with Gasteiger partial charge < -0.3 is 15.0 Å². The molecule has 0 saturated carbocycles. The van der Waals surface area contributed by atoms with Gasteiger partial charge in [-0.05, 0) is 49.2 Å². The topological polar surface area (TPSA) is 71.5 Å². The minimum Gasteiger partial charge on any atom is -0.484 e. The Balaban J connectivity index is 1.48. The summed E-state index contributed by atoms with van der Waals surface area (Å²) in [5.41, 5.74) is 1.29. The van der Waals surface area contributed by atoms with E-state index in [-0.39, 0.29) is 18.3 Å². The van der Waals surface area contributed by atoms with E-state index >= 15 is 0 Å². The Hall–Kier alpha value is -2.89. The van der Waals surface area contributed by atoms with Crippen LogP contribution in [0.5, 0.6) is 5.75 Å². The van der Waals surface area contributed by atoms with Crippen molar-refractivity contribution < 1.29 is 14.3 Å². The van der Waals surface area contributed by atoms with Crippen molar-refractivity contribution in [2.75, 3.05) is 29.9 Å². The fourth-order valence-electron chi connectivity index (χ4n) is 2.88. The van der Waals surface area contributed by atoms with Crippen molar-refractivity contribution in [3.05, 3.63) is 48.2 Å². The molecule has 3 rings (SSSR count). The molecule has 0 unspecified atom stereocenters. The molecule has 1 aliphatic rings. The highest BCUT2D eigenvalue weighted by Gasteiger charge is 2.13. The zero-order chi connectivity index (χ0) is 18.4. The zero-order valence-corrected chi connectivity index (χ0v) is 14.9. The number of hydrogen-bond acceptors (Lipinski definition) is 5. The van der Waals surface area contributed by atoms with Crippen molar-refractivity contribution in [3.63, 3.8) is 0 Å². The average molecular weight is 353 g/mol. The van der Waals surface area contributed by atoms with Gasteiger partial charge in [-0.25, -0.2) is 4.98 Å². The third-order valence-corrected chi connectivity index (χ3v) is 4.33. The minimum atomic E-state index is -0.255. The molecule has 1 aromatic carbocycles. The second-order valence-electron chi connectivity index (χ2n) is 6.24. The van der Waals surface area contributed by atoms with Gasteiger partial charge in [-0.2, -0.15) is 0 Å². The Kier molecular flexibility index (Phi) is 5.84. The summed E-state index contributed by atoms with van der Waals surface area (Å²) >= 11 is 0. The number of carbonyl (C=O) groups is 2. The van der Waals surface area contributed by atoms with Gasteiger partial charge in [0.2, 0.25) is 0 Å². The van der Waals surface area contributed by atoms with Crippen molar-refractivity contribution in [2.45, 2.75) is 26.2 Å². The second-order valence-corrected chi connectivity index (χ2v) is 6.24. The standard InChI is InChI=1S/C20H23N3O3/c1-2-18(24)15-5-8-17(9-6-15)26-14-20(25)22-16-7-10-19(21-13-16)23-11-3-4-12-23/h5-10,13H,2-4,11-12,14H2,1H3,(H,22,25). The maximum absolute atomic E-state index is 12.0. The van der Waals surface area contributed by atoms with E-state index < -0.39 is 0 Å². The molecule has 0 bridgehead atoms. The lowest BCUT2D eigenvalue weighted by Gasteiger charge is -2.16. The molecule has 136 valence electrons. The molecule has 0 aliphatic carbocycles. The van der Waals surface area contributed by atoms with E-state index in [0.717, 1.165) is 18.9 Å². The van der Waals surface area contributed by atoms with Gasteiger partial charge in [0.1, 0.15) is 11.6 Å². The van der Waals surface area contributed by atoms with Crippen LogP contribution in [0.15, 0.2) is 42.6 Å². The van der Waals surface area contributed by atoms with E-state index in [1.807, 2.05) is 19.1 Å². The number of nitrogens with one attached hydrogen (secondary N) is 1. The highest BCUT2D eigenvalue weighted by atomic mass is 16.5. The molecule has 0 atom stereocenters. The molecule has 2 heterocycles. The number of hydrogen-bond donors (Lipinski definition) is 1. The minimum absolute atomic E-state index is 0.0826. The van der Waals surface area contributed by atoms with Gasteiger partial charge in [0.05, 0.1) is 11.9 Å². The third-order valence-electron chi connectivity index (χ3n) is 4.33. The maximum atomic E-state index is 12.0. The summed E-state index contributed by atoms with van der Waals surface area (Å²) < 4.78 is 5.46. The van der Waals surface area contributed by atoms with Crippen LogP contribution in [0.3, 0.4) is 0 Å². The number of carbonyl (C=O) groups excluding carboxylic acids is 2. The molecular formula is C20H23N3O3. The van der Waals surface area contributed by atoms with Crippen molar-refractivity contribution in [3.8, 4) is 5.75 Å². The molecule has 1 saturated heterocycles. The van der Waals surface area contributed by atoms with Crippen LogP contribution in [-0.4, -0.2) is 36.4 Å². The van der Waals surface area contributed by atoms with Gasteiger partial charge in [-0.3, -0.25) is 9.59 Å². The number of pyridine rings is 1. The van der Waals surface area contributed by atoms with E-state index in [4.69, 9.17) is 4.74 Å². The monoisotopic (exact) mass is 353 g/mol. The predicted molar refractivity (Wildman–Crippen MR) is 101 cm³/mol. The Bertz CT molecular complexity index is 751. The first kappa shape index (κ1) is 17.9. The van der Waals surface area contributed by atoms with E-state index in [0.29, 0.717) is 23.4 Å². The summed E-state index contributed by atoms with van der Waals surface area (Å²) in [6, 6.07) is 10.6. The van der Waals surface area contributed by atoms with Crippen LogP contribution < -0.4 is 15.0 Å². The number of Topliss-reactive ketones (excluding diaryl/α,β-unsaturated/α-hetero) is 1. The summed E-state index contributed by atoms with van der Waals surface area (Å²) in [6.07, 6.45) is 4.53. The van der Waals surface area contributed by atoms with Crippen LogP contribution in [0.2, 0.25) is 0 Å². The first-order chi connectivity index (χ1) is 12.7. The quantitative estimate of drug-likeness (QED) is 0.774. The van der Waals surface area contributed by atoms with Crippen LogP contribution in [-0.2, 0) is 4.79 Å². The summed E-state index contributed by atoms with van der Waals surface area (Å²) in [7, 11) is 0. The molecule has 2 aromatic rings. The van der Waals surface area contributed by atoms with Crippen LogP contribution in [0, 0.1) is 0 Å². The lowest BCUT2D eigenvalue weighted by molar-refractivity contribution is -0.118. The largest absolute Gasteiger partial charge is 0.484 e. The lowest BCUT2D eigenvalue weighted by atomic mass is 10.1. The second kappa shape index (κ2) is 8.47. The smallest absolute Gasteiger partial charge is 0.262 e. The van der Waals surface area contributed by atoms with Gasteiger partial charge in [0, 0.05) is 25.1 Å². The van der Waals surface area contributed by atoms with Gasteiger partial charge >= 0.3 is 0 Å². The normalized spacial score (nSPS) is 13.5. The highest BCUT2D eigenvalue weighted by Crippen LogP contribution is 2.19. The maximum Gasteiger partial charge on any atom is 0.262 e.